The summed E-state index contributed by atoms with van der Waals surface area (Å²) in [7, 11) is -1.59. The molecule has 0 spiro atoms. The molecule has 2 aromatic rings. The summed E-state index contributed by atoms with van der Waals surface area (Å²) in [6.45, 7) is 0.374. The van der Waals surface area contributed by atoms with Crippen LogP contribution in [0.1, 0.15) is 19.3 Å². The molecule has 1 unspecified atom stereocenters. The van der Waals surface area contributed by atoms with Crippen LogP contribution in [0.15, 0.2) is 23.2 Å². The molecule has 0 bridgehead atoms. The standard InChI is InChI=1S/C15H18ClN3O3S2/c1-18-11-7-6-10(16)9-13(11)23-15(18)17-14(20)12-5-3-4-8-19(12)24(2,21)22/h6-7,9,12H,3-5,8H2,1-2H3. The van der Waals surface area contributed by atoms with Gasteiger partial charge in [-0.2, -0.15) is 9.30 Å². The van der Waals surface area contributed by atoms with Gasteiger partial charge in [0.2, 0.25) is 10.0 Å². The van der Waals surface area contributed by atoms with Gasteiger partial charge in [0.05, 0.1) is 16.5 Å². The summed E-state index contributed by atoms with van der Waals surface area (Å²) in [4.78, 5) is 17.4. The van der Waals surface area contributed by atoms with Gasteiger partial charge in [0.25, 0.3) is 5.91 Å². The molecule has 9 heteroatoms. The van der Waals surface area contributed by atoms with Crippen molar-refractivity contribution in [1.82, 2.24) is 8.87 Å². The van der Waals surface area contributed by atoms with Crippen LogP contribution in [0.5, 0.6) is 0 Å². The SMILES string of the molecule is Cn1c(=NC(=O)C2CCCCN2S(C)(=O)=O)sc2cc(Cl)ccc21. The normalized spacial score (nSPS) is 20.6. The number of hydrogen-bond donors (Lipinski definition) is 0. The van der Waals surface area contributed by atoms with Crippen molar-refractivity contribution in [3.63, 3.8) is 0 Å². The van der Waals surface area contributed by atoms with Gasteiger partial charge in [-0.3, -0.25) is 4.79 Å². The van der Waals surface area contributed by atoms with Crippen LogP contribution < -0.4 is 4.80 Å². The lowest BCUT2D eigenvalue weighted by Crippen LogP contribution is -2.47. The number of nitrogens with zero attached hydrogens (tertiary/aromatic N) is 3. The molecule has 1 amide bonds. The fourth-order valence-electron chi connectivity index (χ4n) is 2.93. The van der Waals surface area contributed by atoms with E-state index in [1.807, 2.05) is 23.7 Å². The Morgan fingerprint density at radius 1 is 1.38 bits per heavy atom. The van der Waals surface area contributed by atoms with Gasteiger partial charge in [-0.1, -0.05) is 29.4 Å². The predicted octanol–water partition coefficient (Wildman–Crippen LogP) is 2.13. The third-order valence-electron chi connectivity index (χ3n) is 4.14. The van der Waals surface area contributed by atoms with Crippen LogP contribution in [0.4, 0.5) is 0 Å². The number of amides is 1. The summed E-state index contributed by atoms with van der Waals surface area (Å²) in [5.41, 5.74) is 0.930. The molecule has 24 heavy (non-hydrogen) atoms. The zero-order valence-electron chi connectivity index (χ0n) is 13.4. The van der Waals surface area contributed by atoms with Crippen molar-refractivity contribution >= 4 is 49.1 Å². The molecule has 0 radical (unpaired) electrons. The number of rotatable bonds is 2. The smallest absolute Gasteiger partial charge is 0.266 e. The first-order valence-electron chi connectivity index (χ1n) is 7.58. The van der Waals surface area contributed by atoms with Crippen LogP contribution in [-0.4, -0.2) is 42.0 Å². The van der Waals surface area contributed by atoms with E-state index in [-0.39, 0.29) is 0 Å². The van der Waals surface area contributed by atoms with Crippen LogP contribution in [0.25, 0.3) is 10.2 Å². The van der Waals surface area contributed by atoms with E-state index in [4.69, 9.17) is 11.6 Å². The highest BCUT2D eigenvalue weighted by atomic mass is 35.5. The van der Waals surface area contributed by atoms with Gasteiger partial charge in [0, 0.05) is 18.6 Å². The highest BCUT2D eigenvalue weighted by Crippen LogP contribution is 2.23. The number of fused-ring (bicyclic) bond motifs is 1. The molecule has 6 nitrogen and oxygen atoms in total. The van der Waals surface area contributed by atoms with E-state index in [1.165, 1.54) is 15.6 Å². The van der Waals surface area contributed by atoms with Crippen molar-refractivity contribution < 1.29 is 13.2 Å². The van der Waals surface area contributed by atoms with E-state index < -0.39 is 22.0 Å². The molecule has 3 rings (SSSR count). The molecule has 1 fully saturated rings. The van der Waals surface area contributed by atoms with Crippen molar-refractivity contribution in [3.8, 4) is 0 Å². The topological polar surface area (TPSA) is 71.7 Å². The third-order valence-corrected chi connectivity index (χ3v) is 6.76. The van der Waals surface area contributed by atoms with Crippen molar-refractivity contribution in [3.05, 3.63) is 28.0 Å². The second kappa shape index (κ2) is 6.59. The Morgan fingerprint density at radius 3 is 2.83 bits per heavy atom. The lowest BCUT2D eigenvalue weighted by molar-refractivity contribution is -0.122. The lowest BCUT2D eigenvalue weighted by Gasteiger charge is -2.31. The van der Waals surface area contributed by atoms with Gasteiger partial charge in [-0.15, -0.1) is 0 Å². The molecule has 1 aromatic carbocycles. The van der Waals surface area contributed by atoms with Crippen LogP contribution >= 0.6 is 22.9 Å². The molecule has 2 heterocycles. The maximum atomic E-state index is 12.6. The number of carbonyl (C=O) groups excluding carboxylic acids is 1. The van der Waals surface area contributed by atoms with Gasteiger partial charge < -0.3 is 4.57 Å². The second-order valence-corrected chi connectivity index (χ2v) is 9.27. The highest BCUT2D eigenvalue weighted by Gasteiger charge is 2.34. The van der Waals surface area contributed by atoms with E-state index in [9.17, 15) is 13.2 Å². The number of aromatic nitrogens is 1. The van der Waals surface area contributed by atoms with Crippen LogP contribution in [0.2, 0.25) is 5.02 Å². The Balaban J connectivity index is 2.01. The summed E-state index contributed by atoms with van der Waals surface area (Å²) in [6.07, 6.45) is 3.24. The summed E-state index contributed by atoms with van der Waals surface area (Å²) >= 11 is 7.37. The molecular weight excluding hydrogens is 370 g/mol. The van der Waals surface area contributed by atoms with E-state index in [0.29, 0.717) is 22.8 Å². The number of sulfonamides is 1. The van der Waals surface area contributed by atoms with Gasteiger partial charge in [0.1, 0.15) is 6.04 Å². The van der Waals surface area contributed by atoms with E-state index in [2.05, 4.69) is 4.99 Å². The largest absolute Gasteiger partial charge is 0.319 e. The van der Waals surface area contributed by atoms with Crippen LogP contribution in [-0.2, 0) is 21.9 Å². The minimum atomic E-state index is -3.42. The Hall–Kier alpha value is -1.22. The zero-order chi connectivity index (χ0) is 17.5. The van der Waals surface area contributed by atoms with Gasteiger partial charge in [0.15, 0.2) is 4.80 Å². The number of benzene rings is 1. The first-order valence-corrected chi connectivity index (χ1v) is 10.6. The maximum Gasteiger partial charge on any atom is 0.266 e. The van der Waals surface area contributed by atoms with Crippen molar-refractivity contribution in [2.24, 2.45) is 12.0 Å². The first-order chi connectivity index (χ1) is 11.3. The molecule has 1 aromatic heterocycles. The molecule has 1 aliphatic rings. The Kier molecular flexibility index (Phi) is 4.83. The summed E-state index contributed by atoms with van der Waals surface area (Å²) < 4.78 is 27.8. The highest BCUT2D eigenvalue weighted by molar-refractivity contribution is 7.88. The van der Waals surface area contributed by atoms with E-state index in [1.54, 1.807) is 6.07 Å². The third kappa shape index (κ3) is 3.42. The van der Waals surface area contributed by atoms with Gasteiger partial charge in [-0.25, -0.2) is 8.42 Å². The Labute approximate surface area is 149 Å². The molecule has 130 valence electrons. The minimum Gasteiger partial charge on any atom is -0.319 e. The van der Waals surface area contributed by atoms with Crippen molar-refractivity contribution in [2.75, 3.05) is 12.8 Å². The number of thiazole rings is 1. The fraction of sp³-hybridized carbons (Fsp3) is 0.467. The molecule has 1 aliphatic heterocycles. The second-order valence-electron chi connectivity index (χ2n) is 5.89. The molecular formula is C15H18ClN3O3S2. The number of piperidine rings is 1. The van der Waals surface area contributed by atoms with E-state index >= 15 is 0 Å². The van der Waals surface area contributed by atoms with Crippen molar-refractivity contribution in [1.29, 1.82) is 0 Å². The maximum absolute atomic E-state index is 12.6. The number of hydrogen-bond acceptors (Lipinski definition) is 4. The molecule has 0 aliphatic carbocycles. The quantitative estimate of drug-likeness (QED) is 0.792. The number of halogens is 1. The van der Waals surface area contributed by atoms with Crippen LogP contribution in [0.3, 0.4) is 0 Å². The average molecular weight is 388 g/mol. The summed E-state index contributed by atoms with van der Waals surface area (Å²) in [6, 6.07) is 4.78. The number of carbonyl (C=O) groups is 1. The minimum absolute atomic E-state index is 0.374. The lowest BCUT2D eigenvalue weighted by atomic mass is 10.0. The molecule has 0 N–H and O–H groups in total. The summed E-state index contributed by atoms with van der Waals surface area (Å²) in [5, 5.41) is 0.623. The van der Waals surface area contributed by atoms with Crippen molar-refractivity contribution in [2.45, 2.75) is 25.3 Å². The van der Waals surface area contributed by atoms with Gasteiger partial charge in [-0.05, 0) is 31.0 Å². The molecule has 1 atom stereocenters. The average Bonchev–Trinajstić information content (AvgIpc) is 2.82. The Bertz CT molecular complexity index is 962. The Morgan fingerprint density at radius 2 is 2.12 bits per heavy atom. The van der Waals surface area contributed by atoms with Crippen LogP contribution in [0, 0.1) is 0 Å². The molecule has 1 saturated heterocycles. The zero-order valence-corrected chi connectivity index (χ0v) is 15.8. The first kappa shape index (κ1) is 17.6. The predicted molar refractivity (Wildman–Crippen MR) is 95.6 cm³/mol. The molecule has 0 saturated carbocycles. The fourth-order valence-corrected chi connectivity index (χ4v) is 5.35. The monoisotopic (exact) mass is 387 g/mol. The summed E-state index contributed by atoms with van der Waals surface area (Å²) in [5.74, 6) is -0.409. The van der Waals surface area contributed by atoms with E-state index in [0.717, 1.165) is 29.3 Å². The number of aryl methyl sites for hydroxylation is 1. The van der Waals surface area contributed by atoms with Gasteiger partial charge >= 0.3 is 0 Å².